The molecule has 4 N–H and O–H groups in total. The summed E-state index contributed by atoms with van der Waals surface area (Å²) in [5.41, 5.74) is 6.42. The van der Waals surface area contributed by atoms with Crippen LogP contribution in [-0.2, 0) is 20.9 Å². The Balaban J connectivity index is 1.96. The summed E-state index contributed by atoms with van der Waals surface area (Å²) in [5.74, 6) is -0.707. The van der Waals surface area contributed by atoms with Crippen molar-refractivity contribution in [1.82, 2.24) is 10.6 Å². The molecule has 2 atom stereocenters. The molecule has 1 aliphatic carbocycles. The summed E-state index contributed by atoms with van der Waals surface area (Å²) < 4.78 is 5.24. The van der Waals surface area contributed by atoms with Crippen LogP contribution in [0.3, 0.4) is 0 Å². The Kier molecular flexibility index (Phi) is 8.96. The fourth-order valence-corrected chi connectivity index (χ4v) is 3.75. The molecule has 0 aliphatic heterocycles. The highest BCUT2D eigenvalue weighted by Gasteiger charge is 2.32. The molecule has 160 valence electrons. The van der Waals surface area contributed by atoms with E-state index in [9.17, 15) is 14.4 Å². The van der Waals surface area contributed by atoms with Crippen molar-refractivity contribution in [3.8, 4) is 0 Å². The number of ether oxygens (including phenoxy) is 1. The van der Waals surface area contributed by atoms with Crippen LogP contribution in [-0.4, -0.2) is 30.0 Å². The zero-order valence-corrected chi connectivity index (χ0v) is 17.4. The maximum atomic E-state index is 12.9. The van der Waals surface area contributed by atoms with Crippen molar-refractivity contribution < 1.29 is 19.1 Å². The molecule has 0 bridgehead atoms. The van der Waals surface area contributed by atoms with E-state index in [0.29, 0.717) is 6.42 Å². The smallest absolute Gasteiger partial charge is 0.408 e. The first-order valence-corrected chi connectivity index (χ1v) is 10.4. The third-order valence-corrected chi connectivity index (χ3v) is 5.25. The van der Waals surface area contributed by atoms with Crippen LogP contribution in [0.4, 0.5) is 4.79 Å². The minimum absolute atomic E-state index is 0.0509. The molecule has 7 heteroatoms. The van der Waals surface area contributed by atoms with Crippen LogP contribution < -0.4 is 16.4 Å². The number of hydrogen-bond donors (Lipinski definition) is 3. The molecule has 0 aromatic heterocycles. The molecule has 0 radical (unpaired) electrons. The predicted octanol–water partition coefficient (Wildman–Crippen LogP) is 2.88. The first-order chi connectivity index (χ1) is 13.9. The Bertz CT molecular complexity index is 672. The summed E-state index contributed by atoms with van der Waals surface area (Å²) in [7, 11) is 0. The van der Waals surface area contributed by atoms with E-state index in [1.807, 2.05) is 44.2 Å². The standard InChI is InChI=1S/C22H33N3O4/c1-15(2)13-18(24-22(28)29-14-16-9-5-3-6-10-16)21(27)25-19(20(23)26)17-11-7-4-8-12-17/h3,5-6,9-10,15,17-19H,4,7-8,11-14H2,1-2H3,(H2,23,26)(H,24,28)(H,25,27)/t18-,19-/m0/s1. The second-order valence-electron chi connectivity index (χ2n) is 8.17. The van der Waals surface area contributed by atoms with Gasteiger partial charge in [0, 0.05) is 0 Å². The second-order valence-corrected chi connectivity index (χ2v) is 8.17. The maximum absolute atomic E-state index is 12.9. The molecule has 2 rings (SSSR count). The third-order valence-electron chi connectivity index (χ3n) is 5.25. The zero-order chi connectivity index (χ0) is 21.2. The number of carbonyl (C=O) groups excluding carboxylic acids is 3. The molecular weight excluding hydrogens is 370 g/mol. The monoisotopic (exact) mass is 403 g/mol. The van der Waals surface area contributed by atoms with Gasteiger partial charge in [-0.2, -0.15) is 0 Å². The van der Waals surface area contributed by atoms with Gasteiger partial charge in [-0.05, 0) is 36.7 Å². The summed E-state index contributed by atoms with van der Waals surface area (Å²) >= 11 is 0. The average molecular weight is 404 g/mol. The van der Waals surface area contributed by atoms with E-state index >= 15 is 0 Å². The molecule has 0 unspecified atom stereocenters. The first kappa shape index (κ1) is 22.7. The Morgan fingerprint density at radius 1 is 1.07 bits per heavy atom. The zero-order valence-electron chi connectivity index (χ0n) is 17.4. The van der Waals surface area contributed by atoms with Gasteiger partial charge in [0.15, 0.2) is 0 Å². The lowest BCUT2D eigenvalue weighted by molar-refractivity contribution is -0.130. The maximum Gasteiger partial charge on any atom is 0.408 e. The van der Waals surface area contributed by atoms with Crippen LogP contribution >= 0.6 is 0 Å². The van der Waals surface area contributed by atoms with Gasteiger partial charge in [0.05, 0.1) is 0 Å². The van der Waals surface area contributed by atoms with Crippen molar-refractivity contribution in [3.05, 3.63) is 35.9 Å². The third kappa shape index (κ3) is 7.75. The molecule has 7 nitrogen and oxygen atoms in total. The van der Waals surface area contributed by atoms with Crippen LogP contribution in [0.25, 0.3) is 0 Å². The Morgan fingerprint density at radius 2 is 1.72 bits per heavy atom. The van der Waals surface area contributed by atoms with E-state index in [1.54, 1.807) is 0 Å². The van der Waals surface area contributed by atoms with Gasteiger partial charge in [-0.25, -0.2) is 4.79 Å². The van der Waals surface area contributed by atoms with E-state index < -0.39 is 30.0 Å². The average Bonchev–Trinajstić information content (AvgIpc) is 2.70. The summed E-state index contributed by atoms with van der Waals surface area (Å²) in [5, 5.41) is 5.43. The Hall–Kier alpha value is -2.57. The van der Waals surface area contributed by atoms with E-state index in [-0.39, 0.29) is 18.4 Å². The van der Waals surface area contributed by atoms with Gasteiger partial charge in [0.2, 0.25) is 11.8 Å². The minimum atomic E-state index is -0.788. The largest absolute Gasteiger partial charge is 0.445 e. The van der Waals surface area contributed by atoms with Crippen LogP contribution in [0.15, 0.2) is 30.3 Å². The number of nitrogens with two attached hydrogens (primary N) is 1. The van der Waals surface area contributed by atoms with Crippen molar-refractivity contribution in [2.24, 2.45) is 17.6 Å². The molecule has 0 heterocycles. The van der Waals surface area contributed by atoms with Crippen molar-refractivity contribution in [2.45, 2.75) is 71.1 Å². The number of carbonyl (C=O) groups is 3. The molecule has 1 aromatic rings. The summed E-state index contributed by atoms with van der Waals surface area (Å²) in [4.78, 5) is 37.0. The highest BCUT2D eigenvalue weighted by Crippen LogP contribution is 2.26. The SMILES string of the molecule is CC(C)C[C@H](NC(=O)OCc1ccccc1)C(=O)N[C@H](C(N)=O)C1CCCCC1. The van der Waals surface area contributed by atoms with Crippen LogP contribution in [0.1, 0.15) is 57.9 Å². The molecule has 1 fully saturated rings. The van der Waals surface area contributed by atoms with E-state index in [1.165, 1.54) is 0 Å². The molecule has 0 saturated heterocycles. The highest BCUT2D eigenvalue weighted by molar-refractivity contribution is 5.90. The lowest BCUT2D eigenvalue weighted by Crippen LogP contribution is -2.55. The topological polar surface area (TPSA) is 111 Å². The lowest BCUT2D eigenvalue weighted by atomic mass is 9.83. The van der Waals surface area contributed by atoms with Crippen LogP contribution in [0, 0.1) is 11.8 Å². The van der Waals surface area contributed by atoms with Crippen LogP contribution in [0.5, 0.6) is 0 Å². The van der Waals surface area contributed by atoms with Gasteiger partial charge in [0.25, 0.3) is 0 Å². The molecule has 1 aromatic carbocycles. The van der Waals surface area contributed by atoms with Gasteiger partial charge >= 0.3 is 6.09 Å². The van der Waals surface area contributed by atoms with E-state index in [0.717, 1.165) is 37.7 Å². The van der Waals surface area contributed by atoms with Gasteiger partial charge in [-0.1, -0.05) is 63.4 Å². The number of alkyl carbamates (subject to hydrolysis) is 1. The fourth-order valence-electron chi connectivity index (χ4n) is 3.75. The molecule has 29 heavy (non-hydrogen) atoms. The summed E-state index contributed by atoms with van der Waals surface area (Å²) in [6.07, 6.45) is 4.71. The van der Waals surface area contributed by atoms with E-state index in [2.05, 4.69) is 10.6 Å². The number of amides is 3. The quantitative estimate of drug-likeness (QED) is 0.589. The highest BCUT2D eigenvalue weighted by atomic mass is 16.5. The van der Waals surface area contributed by atoms with Crippen molar-refractivity contribution >= 4 is 17.9 Å². The second kappa shape index (κ2) is 11.4. The number of benzene rings is 1. The molecule has 3 amide bonds. The Morgan fingerprint density at radius 3 is 2.31 bits per heavy atom. The number of primary amides is 1. The van der Waals surface area contributed by atoms with Gasteiger partial charge in [0.1, 0.15) is 18.7 Å². The van der Waals surface area contributed by atoms with Gasteiger partial charge < -0.3 is 21.1 Å². The lowest BCUT2D eigenvalue weighted by Gasteiger charge is -2.30. The van der Waals surface area contributed by atoms with Crippen LogP contribution in [0.2, 0.25) is 0 Å². The number of nitrogens with one attached hydrogen (secondary N) is 2. The first-order valence-electron chi connectivity index (χ1n) is 10.4. The molecule has 1 aliphatic rings. The number of rotatable bonds is 9. The summed E-state index contributed by atoms with van der Waals surface area (Å²) in [6, 6.07) is 7.82. The van der Waals surface area contributed by atoms with E-state index in [4.69, 9.17) is 10.5 Å². The fraction of sp³-hybridized carbons (Fsp3) is 0.591. The van der Waals surface area contributed by atoms with Crippen molar-refractivity contribution in [1.29, 1.82) is 0 Å². The molecule has 0 spiro atoms. The molecule has 1 saturated carbocycles. The minimum Gasteiger partial charge on any atom is -0.445 e. The summed E-state index contributed by atoms with van der Waals surface area (Å²) in [6.45, 7) is 4.04. The Labute approximate surface area is 172 Å². The number of hydrogen-bond acceptors (Lipinski definition) is 4. The van der Waals surface area contributed by atoms with Gasteiger partial charge in [-0.15, -0.1) is 0 Å². The normalized spacial score (nSPS) is 16.7. The van der Waals surface area contributed by atoms with Crippen molar-refractivity contribution in [3.63, 3.8) is 0 Å². The predicted molar refractivity (Wildman–Crippen MR) is 111 cm³/mol. The van der Waals surface area contributed by atoms with Gasteiger partial charge in [-0.3, -0.25) is 9.59 Å². The molecular formula is C22H33N3O4. The van der Waals surface area contributed by atoms with Crippen molar-refractivity contribution in [2.75, 3.05) is 0 Å².